The Labute approximate surface area is 135 Å². The van der Waals surface area contributed by atoms with E-state index in [4.69, 9.17) is 5.11 Å². The van der Waals surface area contributed by atoms with Gasteiger partial charge in [-0.25, -0.2) is 8.42 Å². The Hall–Kier alpha value is -0.490. The molecule has 0 radical (unpaired) electrons. The molecule has 1 fully saturated rings. The molecule has 1 aromatic rings. The van der Waals surface area contributed by atoms with Crippen molar-refractivity contribution >= 4 is 65.1 Å². The molecule has 2 N–H and O–H groups in total. The molecule has 11 heteroatoms. The summed E-state index contributed by atoms with van der Waals surface area (Å²) in [4.78, 5) is 22.5. The zero-order valence-corrected chi connectivity index (χ0v) is 14.5. The summed E-state index contributed by atoms with van der Waals surface area (Å²) in [5.41, 5.74) is 0. The van der Waals surface area contributed by atoms with Gasteiger partial charge in [0, 0.05) is 6.54 Å². The Bertz CT molecular complexity index is 672. The normalized spacial score (nSPS) is 20.7. The van der Waals surface area contributed by atoms with Gasteiger partial charge in [-0.15, -0.1) is 11.3 Å². The van der Waals surface area contributed by atoms with Gasteiger partial charge < -0.3 is 10.4 Å². The highest BCUT2D eigenvalue weighted by atomic mass is 79.9. The lowest BCUT2D eigenvalue weighted by Gasteiger charge is -2.31. The number of nitrogens with zero attached hydrogens (tertiary/aromatic N) is 1. The molecule has 1 atom stereocenters. The van der Waals surface area contributed by atoms with Crippen molar-refractivity contribution in [3.63, 3.8) is 0 Å². The Morgan fingerprint density at radius 1 is 1.50 bits per heavy atom. The van der Waals surface area contributed by atoms with E-state index < -0.39 is 34.5 Å². The van der Waals surface area contributed by atoms with Gasteiger partial charge in [0.1, 0.15) is 10.9 Å². The predicted octanol–water partition coefficient (Wildman–Crippen LogP) is 0.847. The molecule has 110 valence electrons. The Morgan fingerprint density at radius 2 is 2.15 bits per heavy atom. The SMILES string of the molecule is O=C1CN(S(=O)(=O)c2cc(Br)sc2Br)C(C(=O)O)CN1. The lowest BCUT2D eigenvalue weighted by molar-refractivity contribution is -0.143. The zero-order chi connectivity index (χ0) is 15.1. The van der Waals surface area contributed by atoms with Gasteiger partial charge in [-0.3, -0.25) is 9.59 Å². The highest BCUT2D eigenvalue weighted by molar-refractivity contribution is 9.12. The molecule has 20 heavy (non-hydrogen) atoms. The van der Waals surface area contributed by atoms with Crippen LogP contribution in [0.1, 0.15) is 0 Å². The van der Waals surface area contributed by atoms with E-state index in [-0.39, 0.29) is 11.4 Å². The van der Waals surface area contributed by atoms with E-state index in [0.29, 0.717) is 11.9 Å². The Morgan fingerprint density at radius 3 is 2.65 bits per heavy atom. The molecule has 1 amide bonds. The number of carboxylic acid groups (broad SMARTS) is 1. The molecule has 0 spiro atoms. The van der Waals surface area contributed by atoms with Gasteiger partial charge in [-0.1, -0.05) is 0 Å². The number of nitrogens with one attached hydrogen (secondary N) is 1. The van der Waals surface area contributed by atoms with E-state index in [2.05, 4.69) is 37.2 Å². The maximum absolute atomic E-state index is 12.5. The maximum atomic E-state index is 12.5. The van der Waals surface area contributed by atoms with Crippen molar-refractivity contribution in [2.24, 2.45) is 0 Å². The second kappa shape index (κ2) is 5.72. The summed E-state index contributed by atoms with van der Waals surface area (Å²) in [6.07, 6.45) is 0. The van der Waals surface area contributed by atoms with Gasteiger partial charge in [0.05, 0.1) is 14.1 Å². The average molecular weight is 448 g/mol. The Balaban J connectivity index is 2.47. The van der Waals surface area contributed by atoms with Crippen LogP contribution in [0, 0.1) is 0 Å². The van der Waals surface area contributed by atoms with Crippen LogP contribution < -0.4 is 5.32 Å². The standard InChI is InChI=1S/C9H8Br2N2O5S2/c10-6-1-5(8(11)19-6)20(17,18)13-3-7(14)12-2-4(13)9(15)16/h1,4H,2-3H2,(H,12,14)(H,15,16). The third-order valence-electron chi connectivity index (χ3n) is 2.64. The van der Waals surface area contributed by atoms with Crippen LogP contribution in [0.3, 0.4) is 0 Å². The fourth-order valence-corrected chi connectivity index (χ4v) is 7.01. The first kappa shape index (κ1) is 15.9. The van der Waals surface area contributed by atoms with Crippen molar-refractivity contribution in [3.05, 3.63) is 13.6 Å². The molecule has 0 aliphatic carbocycles. The van der Waals surface area contributed by atoms with Crippen molar-refractivity contribution in [2.45, 2.75) is 10.9 Å². The number of carboxylic acids is 1. The monoisotopic (exact) mass is 446 g/mol. The summed E-state index contributed by atoms with van der Waals surface area (Å²) in [5.74, 6) is -1.84. The first-order valence-electron chi connectivity index (χ1n) is 5.19. The summed E-state index contributed by atoms with van der Waals surface area (Å²) in [6.45, 7) is -0.768. The predicted molar refractivity (Wildman–Crippen MR) is 78.0 cm³/mol. The van der Waals surface area contributed by atoms with E-state index in [1.165, 1.54) is 6.07 Å². The molecule has 0 bridgehead atoms. The van der Waals surface area contributed by atoms with E-state index >= 15 is 0 Å². The molecule has 2 rings (SSSR count). The number of carbonyl (C=O) groups excluding carboxylic acids is 1. The minimum absolute atomic E-state index is 0.0599. The van der Waals surface area contributed by atoms with Crippen molar-refractivity contribution in [1.29, 1.82) is 0 Å². The fourth-order valence-electron chi connectivity index (χ4n) is 1.71. The highest BCUT2D eigenvalue weighted by Crippen LogP contribution is 2.36. The summed E-state index contributed by atoms with van der Waals surface area (Å²) < 4.78 is 26.7. The minimum atomic E-state index is -4.07. The number of hydrogen-bond acceptors (Lipinski definition) is 5. The molecular formula is C9H8Br2N2O5S2. The van der Waals surface area contributed by atoms with Gasteiger partial charge in [0.15, 0.2) is 0 Å². The summed E-state index contributed by atoms with van der Waals surface area (Å²) in [7, 11) is -4.07. The van der Waals surface area contributed by atoms with Crippen LogP contribution in [-0.4, -0.2) is 48.8 Å². The lowest BCUT2D eigenvalue weighted by Crippen LogP contribution is -2.59. The number of aliphatic carboxylic acids is 1. The van der Waals surface area contributed by atoms with Crippen LogP contribution in [0.25, 0.3) is 0 Å². The molecular weight excluding hydrogens is 440 g/mol. The van der Waals surface area contributed by atoms with Gasteiger partial charge in [-0.2, -0.15) is 4.31 Å². The molecule has 1 unspecified atom stereocenters. The van der Waals surface area contributed by atoms with E-state index in [9.17, 15) is 18.0 Å². The molecule has 0 saturated carbocycles. The molecule has 1 saturated heterocycles. The molecule has 1 aliphatic heterocycles. The second-order valence-electron chi connectivity index (χ2n) is 3.90. The maximum Gasteiger partial charge on any atom is 0.323 e. The van der Waals surface area contributed by atoms with Crippen molar-refractivity contribution < 1.29 is 23.1 Å². The van der Waals surface area contributed by atoms with Gasteiger partial charge >= 0.3 is 5.97 Å². The number of amides is 1. The van der Waals surface area contributed by atoms with Crippen LogP contribution >= 0.6 is 43.2 Å². The van der Waals surface area contributed by atoms with E-state index in [0.717, 1.165) is 11.3 Å². The zero-order valence-electron chi connectivity index (χ0n) is 9.67. The number of sulfonamides is 1. The van der Waals surface area contributed by atoms with Crippen LogP contribution in [0.5, 0.6) is 0 Å². The highest BCUT2D eigenvalue weighted by Gasteiger charge is 2.41. The van der Waals surface area contributed by atoms with E-state index in [1.807, 2.05) is 0 Å². The first-order chi connectivity index (χ1) is 9.23. The van der Waals surface area contributed by atoms with Gasteiger partial charge in [0.2, 0.25) is 15.9 Å². The smallest absolute Gasteiger partial charge is 0.323 e. The van der Waals surface area contributed by atoms with E-state index in [1.54, 1.807) is 0 Å². The van der Waals surface area contributed by atoms with Crippen molar-refractivity contribution in [1.82, 2.24) is 9.62 Å². The lowest BCUT2D eigenvalue weighted by atomic mass is 10.2. The molecule has 2 heterocycles. The number of rotatable bonds is 3. The van der Waals surface area contributed by atoms with Crippen LogP contribution in [0.4, 0.5) is 0 Å². The first-order valence-corrected chi connectivity index (χ1v) is 9.04. The number of hydrogen-bond donors (Lipinski definition) is 2. The average Bonchev–Trinajstić information content (AvgIpc) is 2.68. The van der Waals surface area contributed by atoms with Crippen LogP contribution in [-0.2, 0) is 19.6 Å². The van der Waals surface area contributed by atoms with Crippen molar-refractivity contribution in [3.8, 4) is 0 Å². The number of halogens is 2. The van der Waals surface area contributed by atoms with Crippen LogP contribution in [0.2, 0.25) is 0 Å². The number of carbonyl (C=O) groups is 2. The molecule has 0 aromatic carbocycles. The van der Waals surface area contributed by atoms with Crippen LogP contribution in [0.15, 0.2) is 18.5 Å². The third-order valence-corrected chi connectivity index (χ3v) is 7.25. The summed E-state index contributed by atoms with van der Waals surface area (Å²) in [6, 6.07) is 0.0541. The number of piperazine rings is 1. The number of thiophene rings is 1. The molecule has 1 aromatic heterocycles. The second-order valence-corrected chi connectivity index (χ2v) is 9.51. The van der Waals surface area contributed by atoms with Gasteiger partial charge in [0.25, 0.3) is 0 Å². The fraction of sp³-hybridized carbons (Fsp3) is 0.333. The minimum Gasteiger partial charge on any atom is -0.480 e. The topological polar surface area (TPSA) is 104 Å². The largest absolute Gasteiger partial charge is 0.480 e. The van der Waals surface area contributed by atoms with Crippen molar-refractivity contribution in [2.75, 3.05) is 13.1 Å². The summed E-state index contributed by atoms with van der Waals surface area (Å²) >= 11 is 7.44. The molecule has 7 nitrogen and oxygen atoms in total. The third kappa shape index (κ3) is 2.91. The quantitative estimate of drug-likeness (QED) is 0.714. The Kier molecular flexibility index (Phi) is 4.54. The van der Waals surface area contributed by atoms with Gasteiger partial charge in [-0.05, 0) is 37.9 Å². The summed E-state index contributed by atoms with van der Waals surface area (Å²) in [5, 5.41) is 11.4. The molecule has 1 aliphatic rings.